The van der Waals surface area contributed by atoms with E-state index in [9.17, 15) is 13.2 Å². The van der Waals surface area contributed by atoms with Crippen LogP contribution in [0.1, 0.15) is 36.3 Å². The maximum Gasteiger partial charge on any atom is 0.341 e. The lowest BCUT2D eigenvalue weighted by molar-refractivity contribution is 0.0525. The van der Waals surface area contributed by atoms with Crippen molar-refractivity contribution < 1.29 is 17.9 Å². The highest BCUT2D eigenvalue weighted by molar-refractivity contribution is 7.90. The number of sulfone groups is 1. The molecular weight excluding hydrogens is 268 g/mol. The number of hydrogen-bond donors (Lipinski definition) is 0. The van der Waals surface area contributed by atoms with Crippen molar-refractivity contribution >= 4 is 15.8 Å². The number of hydrogen-bond acceptors (Lipinski definition) is 5. The Balaban J connectivity index is 2.96. The van der Waals surface area contributed by atoms with Gasteiger partial charge >= 0.3 is 5.97 Å². The van der Waals surface area contributed by atoms with E-state index in [0.717, 1.165) is 12.1 Å². The van der Waals surface area contributed by atoms with Gasteiger partial charge in [-0.25, -0.2) is 13.2 Å². The predicted octanol–water partition coefficient (Wildman–Crippen LogP) is 1.06. The second kappa shape index (κ2) is 6.70. The molecule has 0 unspecified atom stereocenters. The largest absolute Gasteiger partial charge is 0.462 e. The molecule has 0 spiro atoms. The molecule has 0 atom stereocenters. The van der Waals surface area contributed by atoms with Gasteiger partial charge in [0.2, 0.25) is 0 Å². The van der Waals surface area contributed by atoms with Crippen LogP contribution in [0.15, 0.2) is 6.20 Å². The van der Waals surface area contributed by atoms with Crippen LogP contribution >= 0.6 is 0 Å². The quantitative estimate of drug-likeness (QED) is 0.701. The number of ether oxygens (including phenoxy) is 1. The molecule has 0 radical (unpaired) electrons. The summed E-state index contributed by atoms with van der Waals surface area (Å²) >= 11 is 0. The standard InChI is InChI=1S/C12H20N2O4S/c1-4-6-11-10(12(15)18-5-2)9-13-14(11)7-8-19(3,16)17/h9H,4-8H2,1-3H3. The van der Waals surface area contributed by atoms with Crippen LogP contribution in [0.25, 0.3) is 0 Å². The first kappa shape index (κ1) is 15.7. The topological polar surface area (TPSA) is 78.3 Å². The fourth-order valence-corrected chi connectivity index (χ4v) is 2.24. The Morgan fingerprint density at radius 1 is 1.42 bits per heavy atom. The van der Waals surface area contributed by atoms with Crippen molar-refractivity contribution in [3.05, 3.63) is 17.5 Å². The van der Waals surface area contributed by atoms with Crippen LogP contribution in [0.4, 0.5) is 0 Å². The summed E-state index contributed by atoms with van der Waals surface area (Å²) in [5, 5.41) is 4.09. The molecule has 0 fully saturated rings. The maximum atomic E-state index is 11.8. The molecule has 1 aromatic heterocycles. The molecule has 6 nitrogen and oxygen atoms in total. The number of esters is 1. The summed E-state index contributed by atoms with van der Waals surface area (Å²) in [5.41, 5.74) is 1.17. The second-order valence-electron chi connectivity index (χ2n) is 4.33. The molecule has 7 heteroatoms. The number of aromatic nitrogens is 2. The summed E-state index contributed by atoms with van der Waals surface area (Å²) in [6.45, 7) is 4.29. The second-order valence-corrected chi connectivity index (χ2v) is 6.59. The lowest BCUT2D eigenvalue weighted by Gasteiger charge is -2.08. The number of carbonyl (C=O) groups excluding carboxylic acids is 1. The molecule has 108 valence electrons. The third-order valence-electron chi connectivity index (χ3n) is 2.60. The molecular formula is C12H20N2O4S. The molecule has 0 aliphatic heterocycles. The van der Waals surface area contributed by atoms with Gasteiger partial charge < -0.3 is 4.74 Å². The zero-order valence-electron chi connectivity index (χ0n) is 11.5. The van der Waals surface area contributed by atoms with E-state index in [1.54, 1.807) is 11.6 Å². The number of aryl methyl sites for hydroxylation is 1. The Morgan fingerprint density at radius 3 is 2.63 bits per heavy atom. The van der Waals surface area contributed by atoms with E-state index in [4.69, 9.17) is 4.74 Å². The molecule has 0 aromatic carbocycles. The lowest BCUT2D eigenvalue weighted by Crippen LogP contribution is -2.16. The van der Waals surface area contributed by atoms with Gasteiger partial charge in [0.25, 0.3) is 0 Å². The van der Waals surface area contributed by atoms with E-state index in [1.165, 1.54) is 12.5 Å². The third kappa shape index (κ3) is 4.66. The summed E-state index contributed by atoms with van der Waals surface area (Å²) in [5.74, 6) is -0.398. The highest BCUT2D eigenvalue weighted by Gasteiger charge is 2.18. The lowest BCUT2D eigenvalue weighted by atomic mass is 10.1. The SMILES string of the molecule is CCCc1c(C(=O)OCC)cnn1CCS(C)(=O)=O. The Kier molecular flexibility index (Phi) is 5.53. The van der Waals surface area contributed by atoms with Gasteiger partial charge in [-0.05, 0) is 13.3 Å². The normalized spacial score (nSPS) is 11.5. The van der Waals surface area contributed by atoms with Crippen molar-refractivity contribution in [3.63, 3.8) is 0 Å². The van der Waals surface area contributed by atoms with Gasteiger partial charge in [-0.3, -0.25) is 4.68 Å². The first-order valence-electron chi connectivity index (χ1n) is 6.28. The average Bonchev–Trinajstić information content (AvgIpc) is 2.70. The minimum atomic E-state index is -3.05. The Labute approximate surface area is 113 Å². The molecule has 0 amide bonds. The fraction of sp³-hybridized carbons (Fsp3) is 0.667. The van der Waals surface area contributed by atoms with Gasteiger partial charge in [-0.2, -0.15) is 5.10 Å². The van der Waals surface area contributed by atoms with Gasteiger partial charge in [-0.1, -0.05) is 13.3 Å². The number of rotatable bonds is 7. The predicted molar refractivity (Wildman–Crippen MR) is 71.9 cm³/mol. The Morgan fingerprint density at radius 2 is 2.11 bits per heavy atom. The van der Waals surface area contributed by atoms with Crippen molar-refractivity contribution in [2.75, 3.05) is 18.6 Å². The molecule has 1 rings (SSSR count). The van der Waals surface area contributed by atoms with Crippen LogP contribution in [0.3, 0.4) is 0 Å². The minimum Gasteiger partial charge on any atom is -0.462 e. The van der Waals surface area contributed by atoms with Crippen molar-refractivity contribution in [1.29, 1.82) is 0 Å². The highest BCUT2D eigenvalue weighted by atomic mass is 32.2. The van der Waals surface area contributed by atoms with Crippen LogP contribution in [-0.2, 0) is 27.5 Å². The van der Waals surface area contributed by atoms with Gasteiger partial charge in [0.15, 0.2) is 0 Å². The van der Waals surface area contributed by atoms with Crippen LogP contribution in [0.5, 0.6) is 0 Å². The fourth-order valence-electron chi connectivity index (χ4n) is 1.74. The van der Waals surface area contributed by atoms with Crippen molar-refractivity contribution in [2.45, 2.75) is 33.2 Å². The zero-order valence-corrected chi connectivity index (χ0v) is 12.4. The smallest absolute Gasteiger partial charge is 0.341 e. The summed E-state index contributed by atoms with van der Waals surface area (Å²) in [6.07, 6.45) is 4.14. The third-order valence-corrected chi connectivity index (χ3v) is 3.53. The summed E-state index contributed by atoms with van der Waals surface area (Å²) in [7, 11) is -3.05. The van der Waals surface area contributed by atoms with E-state index in [0.29, 0.717) is 18.6 Å². The molecule has 0 saturated carbocycles. The van der Waals surface area contributed by atoms with Crippen molar-refractivity contribution in [1.82, 2.24) is 9.78 Å². The zero-order chi connectivity index (χ0) is 14.5. The first-order valence-corrected chi connectivity index (χ1v) is 8.34. The molecule has 1 aromatic rings. The van der Waals surface area contributed by atoms with Gasteiger partial charge in [-0.15, -0.1) is 0 Å². The van der Waals surface area contributed by atoms with Crippen molar-refractivity contribution in [2.24, 2.45) is 0 Å². The summed E-state index contributed by atoms with van der Waals surface area (Å²) < 4.78 is 28.9. The summed E-state index contributed by atoms with van der Waals surface area (Å²) in [4.78, 5) is 11.8. The van der Waals surface area contributed by atoms with Crippen molar-refractivity contribution in [3.8, 4) is 0 Å². The van der Waals surface area contributed by atoms with E-state index < -0.39 is 15.8 Å². The Hall–Kier alpha value is -1.37. The maximum absolute atomic E-state index is 11.8. The van der Waals surface area contributed by atoms with Crippen LogP contribution < -0.4 is 0 Å². The number of carbonyl (C=O) groups is 1. The summed E-state index contributed by atoms with van der Waals surface area (Å²) in [6, 6.07) is 0. The molecule has 0 N–H and O–H groups in total. The van der Waals surface area contributed by atoms with Gasteiger partial charge in [0, 0.05) is 6.26 Å². The molecule has 0 bridgehead atoms. The van der Waals surface area contributed by atoms with Crippen LogP contribution in [0, 0.1) is 0 Å². The molecule has 19 heavy (non-hydrogen) atoms. The molecule has 1 heterocycles. The van der Waals surface area contributed by atoms with Crippen LogP contribution in [-0.4, -0.2) is 42.8 Å². The van der Waals surface area contributed by atoms with Gasteiger partial charge in [0.1, 0.15) is 15.4 Å². The minimum absolute atomic E-state index is 0.00760. The van der Waals surface area contributed by atoms with Gasteiger partial charge in [0.05, 0.1) is 30.8 Å². The monoisotopic (exact) mass is 288 g/mol. The van der Waals surface area contributed by atoms with Crippen LogP contribution in [0.2, 0.25) is 0 Å². The average molecular weight is 288 g/mol. The molecule has 0 aliphatic carbocycles. The Bertz CT molecular complexity index is 534. The van der Waals surface area contributed by atoms with E-state index >= 15 is 0 Å². The first-order chi connectivity index (χ1) is 8.89. The van der Waals surface area contributed by atoms with E-state index in [-0.39, 0.29) is 12.3 Å². The highest BCUT2D eigenvalue weighted by Crippen LogP contribution is 2.13. The number of nitrogens with zero attached hydrogens (tertiary/aromatic N) is 2. The van der Waals surface area contributed by atoms with E-state index in [1.807, 2.05) is 6.92 Å². The molecule has 0 saturated heterocycles. The van der Waals surface area contributed by atoms with E-state index in [2.05, 4.69) is 5.10 Å². The molecule has 0 aliphatic rings.